The molecule has 0 fully saturated rings. The van der Waals surface area contributed by atoms with Crippen molar-refractivity contribution in [3.8, 4) is 17.0 Å². The summed E-state index contributed by atoms with van der Waals surface area (Å²) < 4.78 is 23.8. The summed E-state index contributed by atoms with van der Waals surface area (Å²) in [6.45, 7) is 6.54. The van der Waals surface area contributed by atoms with Crippen LogP contribution in [0.1, 0.15) is 23.1 Å². The second kappa shape index (κ2) is 17.0. The molecule has 0 radical (unpaired) electrons. The van der Waals surface area contributed by atoms with Crippen LogP contribution < -0.4 is 16.8 Å². The van der Waals surface area contributed by atoms with Crippen LogP contribution in [0.3, 0.4) is 0 Å². The molecule has 47 heavy (non-hydrogen) atoms. The van der Waals surface area contributed by atoms with Gasteiger partial charge in [0.05, 0.1) is 76.9 Å². The van der Waals surface area contributed by atoms with E-state index in [1.54, 1.807) is 16.8 Å². The summed E-state index contributed by atoms with van der Waals surface area (Å²) in [5.74, 6) is 0.394. The summed E-state index contributed by atoms with van der Waals surface area (Å²) in [7, 11) is 1.89. The number of nitrogen functional groups attached to an aromatic ring is 2. The van der Waals surface area contributed by atoms with Gasteiger partial charge in [0.2, 0.25) is 5.91 Å². The van der Waals surface area contributed by atoms with Crippen LogP contribution in [-0.4, -0.2) is 109 Å². The molecule has 14 nitrogen and oxygen atoms in total. The Balaban J connectivity index is 1.07. The lowest BCUT2D eigenvalue weighted by atomic mass is 9.97. The van der Waals surface area contributed by atoms with Crippen LogP contribution in [-0.2, 0) is 43.3 Å². The normalized spacial score (nSPS) is 12.9. The highest BCUT2D eigenvalue weighted by atomic mass is 16.6. The summed E-state index contributed by atoms with van der Waals surface area (Å²) in [4.78, 5) is 23.4. The number of hydrogen-bond acceptors (Lipinski definition) is 12. The Morgan fingerprint density at radius 3 is 2.36 bits per heavy atom. The smallest absolute Gasteiger partial charge is 0.225 e. The number of nitrogens with two attached hydrogens (primary N) is 2. The van der Waals surface area contributed by atoms with E-state index >= 15 is 0 Å². The molecule has 0 bridgehead atoms. The van der Waals surface area contributed by atoms with Crippen LogP contribution >= 0.6 is 0 Å². The lowest BCUT2D eigenvalue weighted by Crippen LogP contribution is -2.36. The van der Waals surface area contributed by atoms with Gasteiger partial charge in [-0.15, -0.1) is 0 Å². The third-order valence-electron chi connectivity index (χ3n) is 7.90. The second-order valence-electron chi connectivity index (χ2n) is 11.2. The van der Waals surface area contributed by atoms with E-state index in [4.69, 9.17) is 35.5 Å². The highest BCUT2D eigenvalue weighted by Crippen LogP contribution is 2.33. The lowest BCUT2D eigenvalue weighted by molar-refractivity contribution is -0.133. The first-order chi connectivity index (χ1) is 22.9. The number of phenols is 1. The van der Waals surface area contributed by atoms with Crippen molar-refractivity contribution in [2.24, 2.45) is 0 Å². The molecule has 2 aromatic heterocycles. The zero-order valence-corrected chi connectivity index (χ0v) is 26.8. The molecule has 0 unspecified atom stereocenters. The van der Waals surface area contributed by atoms with Crippen molar-refractivity contribution in [3.63, 3.8) is 0 Å². The lowest BCUT2D eigenvalue weighted by Gasteiger charge is -2.29. The maximum atomic E-state index is 12.9. The molecule has 1 aliphatic rings. The fraction of sp³-hybridized carbons (Fsp3) is 0.455. The maximum absolute atomic E-state index is 12.9. The van der Waals surface area contributed by atoms with Crippen LogP contribution in [0, 0.1) is 0 Å². The van der Waals surface area contributed by atoms with E-state index in [9.17, 15) is 9.90 Å². The first kappa shape index (κ1) is 34.0. The number of hydrogen-bond donors (Lipinski definition) is 4. The topological polar surface area (TPSA) is 185 Å². The molecular formula is C33H44N8O6. The molecule has 0 saturated carbocycles. The summed E-state index contributed by atoms with van der Waals surface area (Å²) in [6.07, 6.45) is 2.52. The van der Waals surface area contributed by atoms with Crippen molar-refractivity contribution in [2.75, 3.05) is 84.5 Å². The number of carbonyl (C=O) groups excluding carboxylic acids is 1. The Kier molecular flexibility index (Phi) is 12.3. The number of likely N-dealkylation sites (N-methyl/N-ethyl adjacent to an activating group) is 1. The number of nitrogens with one attached hydrogen (secondary N) is 1. The Morgan fingerprint density at radius 1 is 0.915 bits per heavy atom. The molecule has 3 heterocycles. The number of nitrogens with zero attached hydrogens (tertiary/aromatic N) is 5. The molecule has 0 spiro atoms. The molecule has 5 rings (SSSR count). The average molecular weight is 649 g/mol. The predicted octanol–water partition coefficient (Wildman–Crippen LogP) is 1.97. The number of aromatic nitrogens is 4. The van der Waals surface area contributed by atoms with Gasteiger partial charge in [-0.05, 0) is 48.4 Å². The second-order valence-corrected chi connectivity index (χ2v) is 11.2. The third-order valence-corrected chi connectivity index (χ3v) is 7.90. The minimum absolute atomic E-state index is 0.00127. The zero-order valence-electron chi connectivity index (χ0n) is 26.8. The monoisotopic (exact) mass is 648 g/mol. The highest BCUT2D eigenvalue weighted by Gasteiger charge is 2.22. The van der Waals surface area contributed by atoms with Crippen molar-refractivity contribution in [2.45, 2.75) is 25.9 Å². The molecule has 6 N–H and O–H groups in total. The molecule has 0 saturated heterocycles. The molecule has 14 heteroatoms. The van der Waals surface area contributed by atoms with Gasteiger partial charge >= 0.3 is 0 Å². The minimum Gasteiger partial charge on any atom is -0.506 e. The van der Waals surface area contributed by atoms with Gasteiger partial charge in [-0.25, -0.2) is 14.6 Å². The Hall–Kier alpha value is -4.34. The van der Waals surface area contributed by atoms with Gasteiger partial charge < -0.3 is 45.7 Å². The number of rotatable bonds is 18. The van der Waals surface area contributed by atoms with Crippen LogP contribution in [0.2, 0.25) is 0 Å². The van der Waals surface area contributed by atoms with Gasteiger partial charge in [0.15, 0.2) is 5.65 Å². The van der Waals surface area contributed by atoms with Crippen LogP contribution in [0.25, 0.3) is 22.3 Å². The van der Waals surface area contributed by atoms with E-state index in [0.717, 1.165) is 24.1 Å². The van der Waals surface area contributed by atoms with Crippen LogP contribution in [0.5, 0.6) is 5.75 Å². The van der Waals surface area contributed by atoms with Crippen molar-refractivity contribution in [1.29, 1.82) is 0 Å². The molecule has 0 aliphatic carbocycles. The molecule has 252 valence electrons. The zero-order chi connectivity index (χ0) is 33.0. The fourth-order valence-corrected chi connectivity index (χ4v) is 5.39. The Morgan fingerprint density at radius 2 is 1.64 bits per heavy atom. The number of amides is 1. The first-order valence-corrected chi connectivity index (χ1v) is 15.8. The van der Waals surface area contributed by atoms with Gasteiger partial charge in [0.25, 0.3) is 0 Å². The van der Waals surface area contributed by atoms with Crippen molar-refractivity contribution < 1.29 is 28.8 Å². The Labute approximate surface area is 274 Å². The summed E-state index contributed by atoms with van der Waals surface area (Å²) >= 11 is 0. The quantitative estimate of drug-likeness (QED) is 0.0700. The largest absolute Gasteiger partial charge is 0.506 e. The van der Waals surface area contributed by atoms with E-state index in [1.165, 1.54) is 18.0 Å². The molecule has 4 aromatic rings. The number of ether oxygens (including phenoxy) is 4. The molecular weight excluding hydrogens is 604 g/mol. The third kappa shape index (κ3) is 9.14. The number of fused-ring (bicyclic) bond motifs is 2. The van der Waals surface area contributed by atoms with E-state index in [1.807, 2.05) is 11.9 Å². The molecule has 1 amide bonds. The van der Waals surface area contributed by atoms with Crippen molar-refractivity contribution in [1.82, 2.24) is 30.0 Å². The summed E-state index contributed by atoms with van der Waals surface area (Å²) in [6, 6.07) is 11.2. The van der Waals surface area contributed by atoms with E-state index in [2.05, 4.69) is 33.5 Å². The van der Waals surface area contributed by atoms with E-state index < -0.39 is 0 Å². The fourth-order valence-electron chi connectivity index (χ4n) is 5.39. The maximum Gasteiger partial charge on any atom is 0.225 e. The minimum atomic E-state index is 0.00127. The van der Waals surface area contributed by atoms with Crippen molar-refractivity contribution in [3.05, 3.63) is 59.4 Å². The predicted molar refractivity (Wildman–Crippen MR) is 178 cm³/mol. The average Bonchev–Trinajstić information content (AvgIpc) is 3.45. The molecule has 1 aliphatic heterocycles. The van der Waals surface area contributed by atoms with Gasteiger partial charge in [0.1, 0.15) is 23.6 Å². The number of anilines is 2. The number of carbonyl (C=O) groups is 1. The standard InChI is InChI=1S/C33H44N8O6/c1-36-8-11-45-13-15-47-17-16-46-14-12-44-10-7-29(43)40-9-6-24-18-23(2-3-26(24)21-40)20-41-33-30(32(35)37-22-38-33)31(39-41)25-4-5-28(42)27(34)19-25/h2-5,18-19,22,36,42H,6-17,20-21,34H2,1H3,(H2,35,37,38). The van der Waals surface area contributed by atoms with Crippen LogP contribution in [0.15, 0.2) is 42.7 Å². The van der Waals surface area contributed by atoms with Gasteiger partial charge in [-0.2, -0.15) is 5.10 Å². The van der Waals surface area contributed by atoms with Crippen molar-refractivity contribution >= 4 is 28.4 Å². The summed E-state index contributed by atoms with van der Waals surface area (Å²) in [5.41, 5.74) is 17.7. The van der Waals surface area contributed by atoms with Gasteiger partial charge in [-0.3, -0.25) is 4.79 Å². The summed E-state index contributed by atoms with van der Waals surface area (Å²) in [5, 5.41) is 18.4. The highest BCUT2D eigenvalue weighted by molar-refractivity contribution is 5.98. The Bertz CT molecular complexity index is 1630. The van der Waals surface area contributed by atoms with Crippen LogP contribution in [0.4, 0.5) is 11.5 Å². The number of aromatic hydroxyl groups is 1. The van der Waals surface area contributed by atoms with Gasteiger partial charge in [-0.1, -0.05) is 18.2 Å². The van der Waals surface area contributed by atoms with E-state index in [0.29, 0.717) is 107 Å². The number of phenolic OH excluding ortho intramolecular Hbond substituents is 1. The molecule has 2 aromatic carbocycles. The first-order valence-electron chi connectivity index (χ1n) is 15.8. The SMILES string of the molecule is CNCCOCCOCCOCCOCCC(=O)N1CCc2cc(Cn3nc(-c4ccc(O)c(N)c4)c4c(N)ncnc43)ccc2C1. The van der Waals surface area contributed by atoms with Gasteiger partial charge in [0, 0.05) is 25.2 Å². The molecule has 0 atom stereocenters. The number of benzene rings is 2. The van der Waals surface area contributed by atoms with E-state index in [-0.39, 0.29) is 17.3 Å².